The molecule has 10 heteroatoms. The molecule has 1 aromatic carbocycles. The van der Waals surface area contributed by atoms with Crippen LogP contribution in [0.2, 0.25) is 0 Å². The first-order chi connectivity index (χ1) is 14.4. The first kappa shape index (κ1) is 24.8. The van der Waals surface area contributed by atoms with Gasteiger partial charge in [-0.2, -0.15) is 13.2 Å². The molecule has 2 fully saturated rings. The molecular formula is C21H30F3N3O4. The highest BCUT2D eigenvalue weighted by atomic mass is 19.4. The van der Waals surface area contributed by atoms with Gasteiger partial charge in [-0.3, -0.25) is 4.90 Å². The predicted molar refractivity (Wildman–Crippen MR) is 109 cm³/mol. The van der Waals surface area contributed by atoms with Crippen molar-refractivity contribution in [3.63, 3.8) is 0 Å². The zero-order valence-electron chi connectivity index (χ0n) is 18.0. The number of nitrogens with zero attached hydrogens (tertiary/aromatic N) is 2. The number of benzene rings is 1. The van der Waals surface area contributed by atoms with Gasteiger partial charge in [-0.15, -0.1) is 0 Å². The summed E-state index contributed by atoms with van der Waals surface area (Å²) in [4.78, 5) is 24.8. The Morgan fingerprint density at radius 1 is 1.19 bits per heavy atom. The summed E-state index contributed by atoms with van der Waals surface area (Å²) in [6.45, 7) is 3.32. The predicted octanol–water partition coefficient (Wildman–Crippen LogP) is 3.34. The standard InChI is InChI=1S/C19H29N3O2.C2HF3O2/c1-21(2)18(23)20-16-12-19(13-16)8-10-22(11-9-19)14-15-4-6-17(24-3)7-5-15;3-2(4,5)1(6)7/h4-7,16H,8-14H2,1-3H3,(H,20,23);(H,6,7). The quantitative estimate of drug-likeness (QED) is 0.743. The summed E-state index contributed by atoms with van der Waals surface area (Å²) in [5.41, 5.74) is 1.82. The van der Waals surface area contributed by atoms with Crippen LogP contribution < -0.4 is 10.1 Å². The van der Waals surface area contributed by atoms with E-state index in [2.05, 4.69) is 22.3 Å². The van der Waals surface area contributed by atoms with Crippen LogP contribution in [-0.4, -0.2) is 73.4 Å². The molecule has 1 aromatic rings. The average Bonchev–Trinajstić information content (AvgIpc) is 2.68. The number of halogens is 3. The zero-order valence-corrected chi connectivity index (χ0v) is 18.0. The van der Waals surface area contributed by atoms with E-state index in [4.69, 9.17) is 14.6 Å². The normalized spacial score (nSPS) is 18.4. The molecule has 1 aliphatic carbocycles. The molecule has 0 bridgehead atoms. The molecule has 0 aromatic heterocycles. The maximum atomic E-state index is 11.7. The largest absolute Gasteiger partial charge is 0.497 e. The fourth-order valence-electron chi connectivity index (χ4n) is 3.97. The van der Waals surface area contributed by atoms with E-state index in [0.717, 1.165) is 38.2 Å². The van der Waals surface area contributed by atoms with Crippen LogP contribution in [0, 0.1) is 5.41 Å². The molecule has 2 N–H and O–H groups in total. The molecule has 0 unspecified atom stereocenters. The minimum atomic E-state index is -5.08. The van der Waals surface area contributed by atoms with Gasteiger partial charge in [-0.05, 0) is 61.9 Å². The van der Waals surface area contributed by atoms with Crippen molar-refractivity contribution in [3.8, 4) is 5.75 Å². The molecule has 2 aliphatic rings. The van der Waals surface area contributed by atoms with Crippen molar-refractivity contribution in [3.05, 3.63) is 29.8 Å². The fraction of sp³-hybridized carbons (Fsp3) is 0.619. The Kier molecular flexibility index (Phi) is 8.16. The number of carboxylic acid groups (broad SMARTS) is 1. The van der Waals surface area contributed by atoms with E-state index in [0.29, 0.717) is 11.5 Å². The third kappa shape index (κ3) is 7.30. The third-order valence-corrected chi connectivity index (χ3v) is 5.82. The molecule has 1 saturated heterocycles. The van der Waals surface area contributed by atoms with Gasteiger partial charge in [0.05, 0.1) is 7.11 Å². The van der Waals surface area contributed by atoms with E-state index in [1.807, 2.05) is 12.1 Å². The van der Waals surface area contributed by atoms with Crippen molar-refractivity contribution in [2.24, 2.45) is 5.41 Å². The summed E-state index contributed by atoms with van der Waals surface area (Å²) in [6.07, 6.45) is -0.305. The number of piperidine rings is 1. The molecule has 31 heavy (non-hydrogen) atoms. The lowest BCUT2D eigenvalue weighted by atomic mass is 9.60. The van der Waals surface area contributed by atoms with Gasteiger partial charge in [0.25, 0.3) is 0 Å². The third-order valence-electron chi connectivity index (χ3n) is 5.82. The lowest BCUT2D eigenvalue weighted by Gasteiger charge is -2.52. The SMILES string of the molecule is COc1ccc(CN2CCC3(CC2)CC(NC(=O)N(C)C)C3)cc1.O=C(O)C(F)(F)F. The molecule has 174 valence electrons. The van der Waals surface area contributed by atoms with E-state index in [-0.39, 0.29) is 6.03 Å². The van der Waals surface area contributed by atoms with Crippen LogP contribution in [0.25, 0.3) is 0 Å². The molecule has 1 aliphatic heterocycles. The molecule has 0 radical (unpaired) electrons. The van der Waals surface area contributed by atoms with Crippen LogP contribution in [-0.2, 0) is 11.3 Å². The number of carbonyl (C=O) groups excluding carboxylic acids is 1. The number of carboxylic acids is 1. The number of methoxy groups -OCH3 is 1. The Balaban J connectivity index is 0.000000423. The molecule has 1 heterocycles. The van der Waals surface area contributed by atoms with Gasteiger partial charge in [0.1, 0.15) is 5.75 Å². The highest BCUT2D eigenvalue weighted by Gasteiger charge is 2.46. The van der Waals surface area contributed by atoms with E-state index < -0.39 is 12.1 Å². The van der Waals surface area contributed by atoms with E-state index in [1.54, 1.807) is 26.1 Å². The van der Waals surface area contributed by atoms with Crippen molar-refractivity contribution in [1.29, 1.82) is 0 Å². The Morgan fingerprint density at radius 3 is 2.13 bits per heavy atom. The maximum Gasteiger partial charge on any atom is 0.490 e. The number of urea groups is 1. The number of aliphatic carboxylic acids is 1. The number of carbonyl (C=O) groups is 2. The van der Waals surface area contributed by atoms with Crippen LogP contribution in [0.1, 0.15) is 31.2 Å². The maximum absolute atomic E-state index is 11.7. The first-order valence-corrected chi connectivity index (χ1v) is 10.1. The topological polar surface area (TPSA) is 82.1 Å². The number of alkyl halides is 3. The minimum Gasteiger partial charge on any atom is -0.497 e. The van der Waals surface area contributed by atoms with Crippen LogP contribution in [0.3, 0.4) is 0 Å². The van der Waals surface area contributed by atoms with Gasteiger partial charge in [-0.25, -0.2) is 9.59 Å². The minimum absolute atomic E-state index is 0.0341. The molecule has 2 amide bonds. The van der Waals surface area contributed by atoms with Gasteiger partial charge in [0, 0.05) is 26.7 Å². The monoisotopic (exact) mass is 445 g/mol. The number of hydrogen-bond donors (Lipinski definition) is 2. The van der Waals surface area contributed by atoms with Gasteiger partial charge in [0.2, 0.25) is 0 Å². The highest BCUT2D eigenvalue weighted by molar-refractivity contribution is 5.74. The highest BCUT2D eigenvalue weighted by Crippen LogP contribution is 2.49. The summed E-state index contributed by atoms with van der Waals surface area (Å²) in [5, 5.41) is 10.2. The zero-order chi connectivity index (χ0) is 23.2. The molecule has 7 nitrogen and oxygen atoms in total. The van der Waals surface area contributed by atoms with Gasteiger partial charge >= 0.3 is 18.2 Å². The second-order valence-corrected chi connectivity index (χ2v) is 8.38. The number of rotatable bonds is 4. The molecular weight excluding hydrogens is 415 g/mol. The summed E-state index contributed by atoms with van der Waals surface area (Å²) in [6, 6.07) is 8.77. The van der Waals surface area contributed by atoms with Crippen LogP contribution in [0.5, 0.6) is 5.75 Å². The second kappa shape index (κ2) is 10.2. The van der Waals surface area contributed by atoms with Gasteiger partial charge in [0.15, 0.2) is 0 Å². The number of likely N-dealkylation sites (tertiary alicyclic amines) is 1. The van der Waals surface area contributed by atoms with E-state index >= 15 is 0 Å². The molecule has 1 saturated carbocycles. The Bertz CT molecular complexity index is 737. The summed E-state index contributed by atoms with van der Waals surface area (Å²) < 4.78 is 37.0. The fourth-order valence-corrected chi connectivity index (χ4v) is 3.97. The summed E-state index contributed by atoms with van der Waals surface area (Å²) in [7, 11) is 5.29. The number of nitrogens with one attached hydrogen (secondary N) is 1. The molecule has 0 atom stereocenters. The Labute approximate surface area is 180 Å². The number of hydrogen-bond acceptors (Lipinski definition) is 4. The lowest BCUT2D eigenvalue weighted by Crippen LogP contribution is -2.56. The lowest BCUT2D eigenvalue weighted by molar-refractivity contribution is -0.192. The molecule has 3 rings (SSSR count). The molecule has 1 spiro atoms. The van der Waals surface area contributed by atoms with Gasteiger partial charge < -0.3 is 20.1 Å². The van der Waals surface area contributed by atoms with Crippen molar-refractivity contribution in [2.45, 2.75) is 44.4 Å². The average molecular weight is 445 g/mol. The van der Waals surface area contributed by atoms with E-state index in [1.165, 1.54) is 18.4 Å². The Morgan fingerprint density at radius 2 is 1.71 bits per heavy atom. The smallest absolute Gasteiger partial charge is 0.490 e. The van der Waals surface area contributed by atoms with Crippen molar-refractivity contribution in [1.82, 2.24) is 15.1 Å². The van der Waals surface area contributed by atoms with E-state index in [9.17, 15) is 18.0 Å². The van der Waals surface area contributed by atoms with Crippen LogP contribution >= 0.6 is 0 Å². The summed E-state index contributed by atoms with van der Waals surface area (Å²) in [5.74, 6) is -1.84. The summed E-state index contributed by atoms with van der Waals surface area (Å²) >= 11 is 0. The number of amides is 2. The number of ether oxygens (including phenoxy) is 1. The van der Waals surface area contributed by atoms with Crippen molar-refractivity contribution in [2.75, 3.05) is 34.3 Å². The van der Waals surface area contributed by atoms with Gasteiger partial charge in [-0.1, -0.05) is 12.1 Å². The van der Waals surface area contributed by atoms with Crippen LogP contribution in [0.4, 0.5) is 18.0 Å². The first-order valence-electron chi connectivity index (χ1n) is 10.1. The second-order valence-electron chi connectivity index (χ2n) is 8.38. The Hall–Kier alpha value is -2.49. The van der Waals surface area contributed by atoms with Crippen LogP contribution in [0.15, 0.2) is 24.3 Å². The van der Waals surface area contributed by atoms with Crippen molar-refractivity contribution >= 4 is 12.0 Å². The van der Waals surface area contributed by atoms with Crippen molar-refractivity contribution < 1.29 is 32.6 Å².